The van der Waals surface area contributed by atoms with Crippen LogP contribution in [0.25, 0.3) is 0 Å². The summed E-state index contributed by atoms with van der Waals surface area (Å²) in [5.41, 5.74) is 1.06. The van der Waals surface area contributed by atoms with Gasteiger partial charge in [0.15, 0.2) is 0 Å². The molecule has 82 valence electrons. The Morgan fingerprint density at radius 3 is 2.79 bits per heavy atom. The highest BCUT2D eigenvalue weighted by Gasteiger charge is 2.31. The first kappa shape index (κ1) is 11.8. The van der Waals surface area contributed by atoms with E-state index in [1.807, 2.05) is 6.92 Å². The molecule has 0 spiro atoms. The van der Waals surface area contributed by atoms with Gasteiger partial charge in [0.25, 0.3) is 0 Å². The van der Waals surface area contributed by atoms with E-state index in [4.69, 9.17) is 0 Å². The first-order valence-corrected chi connectivity index (χ1v) is 5.94. The van der Waals surface area contributed by atoms with E-state index in [0.29, 0.717) is 5.92 Å². The first-order valence-electron chi connectivity index (χ1n) is 5.94. The van der Waals surface area contributed by atoms with Gasteiger partial charge in [-0.1, -0.05) is 31.4 Å². The first-order chi connectivity index (χ1) is 6.56. The molecule has 1 aliphatic carbocycles. The normalized spacial score (nSPS) is 26.9. The van der Waals surface area contributed by atoms with Crippen LogP contribution < -0.4 is 0 Å². The van der Waals surface area contributed by atoms with Crippen LogP contribution in [-0.4, -0.2) is 10.7 Å². The fraction of sp³-hybridized carbons (Fsp3) is 0.846. The quantitative estimate of drug-likeness (QED) is 0.680. The smallest absolute Gasteiger partial charge is 0.0650 e. The Bertz CT molecular complexity index is 203. The molecule has 0 saturated carbocycles. The number of hydrogen-bond acceptors (Lipinski definition) is 1. The third-order valence-electron chi connectivity index (χ3n) is 3.55. The Morgan fingerprint density at radius 2 is 2.29 bits per heavy atom. The summed E-state index contributed by atoms with van der Waals surface area (Å²) in [5.74, 6) is 0.484. The maximum atomic E-state index is 10.3. The summed E-state index contributed by atoms with van der Waals surface area (Å²) in [6.07, 6.45) is 8.99. The highest BCUT2D eigenvalue weighted by molar-refractivity contribution is 5.05. The molecule has 0 amide bonds. The molecule has 0 radical (unpaired) electrons. The lowest BCUT2D eigenvalue weighted by Crippen LogP contribution is -2.35. The summed E-state index contributed by atoms with van der Waals surface area (Å²) in [6.45, 7) is 6.39. The monoisotopic (exact) mass is 196 g/mol. The van der Waals surface area contributed by atoms with Crippen LogP contribution in [0.1, 0.15) is 59.3 Å². The third-order valence-corrected chi connectivity index (χ3v) is 3.55. The lowest BCUT2D eigenvalue weighted by atomic mass is 9.76. The van der Waals surface area contributed by atoms with Crippen LogP contribution in [0.2, 0.25) is 0 Å². The maximum absolute atomic E-state index is 10.3. The van der Waals surface area contributed by atoms with E-state index in [1.165, 1.54) is 24.8 Å². The molecule has 1 heteroatoms. The van der Waals surface area contributed by atoms with Crippen LogP contribution in [0.4, 0.5) is 0 Å². The highest BCUT2D eigenvalue weighted by Crippen LogP contribution is 2.34. The molecule has 0 aromatic heterocycles. The maximum Gasteiger partial charge on any atom is 0.0650 e. The minimum atomic E-state index is -0.437. The SMILES string of the molecule is CCCCC(C)(O)C1CC=C(C)CC1. The molecule has 14 heavy (non-hydrogen) atoms. The Balaban J connectivity index is 2.47. The van der Waals surface area contributed by atoms with Crippen LogP contribution in [0.5, 0.6) is 0 Å². The second-order valence-corrected chi connectivity index (χ2v) is 4.98. The van der Waals surface area contributed by atoms with Gasteiger partial charge in [0.1, 0.15) is 0 Å². The average Bonchev–Trinajstić information content (AvgIpc) is 2.16. The van der Waals surface area contributed by atoms with Gasteiger partial charge in [0.05, 0.1) is 5.60 Å². The van der Waals surface area contributed by atoms with Gasteiger partial charge in [-0.05, 0) is 45.4 Å². The molecule has 0 bridgehead atoms. The molecule has 0 fully saturated rings. The summed E-state index contributed by atoms with van der Waals surface area (Å²) in [4.78, 5) is 0. The molecule has 0 saturated heterocycles. The van der Waals surface area contributed by atoms with Crippen molar-refractivity contribution in [3.63, 3.8) is 0 Å². The van der Waals surface area contributed by atoms with Gasteiger partial charge in [0, 0.05) is 0 Å². The molecule has 0 heterocycles. The van der Waals surface area contributed by atoms with Gasteiger partial charge >= 0.3 is 0 Å². The molecule has 2 unspecified atom stereocenters. The van der Waals surface area contributed by atoms with Gasteiger partial charge < -0.3 is 5.11 Å². The van der Waals surface area contributed by atoms with Crippen molar-refractivity contribution in [2.45, 2.75) is 64.9 Å². The molecule has 1 N–H and O–H groups in total. The zero-order valence-electron chi connectivity index (χ0n) is 9.84. The molecule has 2 atom stereocenters. The number of unbranched alkanes of at least 4 members (excludes halogenated alkanes) is 1. The van der Waals surface area contributed by atoms with Crippen molar-refractivity contribution in [3.05, 3.63) is 11.6 Å². The van der Waals surface area contributed by atoms with Crippen LogP contribution in [0, 0.1) is 5.92 Å². The van der Waals surface area contributed by atoms with Crippen molar-refractivity contribution < 1.29 is 5.11 Å². The second-order valence-electron chi connectivity index (χ2n) is 4.98. The van der Waals surface area contributed by atoms with Crippen molar-refractivity contribution >= 4 is 0 Å². The number of allylic oxidation sites excluding steroid dienone is 2. The summed E-state index contributed by atoms with van der Waals surface area (Å²) in [6, 6.07) is 0. The largest absolute Gasteiger partial charge is 0.390 e. The number of aliphatic hydroxyl groups is 1. The molecule has 0 aromatic rings. The minimum Gasteiger partial charge on any atom is -0.390 e. The fourth-order valence-electron chi connectivity index (χ4n) is 2.27. The van der Waals surface area contributed by atoms with Crippen molar-refractivity contribution in [2.75, 3.05) is 0 Å². The van der Waals surface area contributed by atoms with E-state index in [2.05, 4.69) is 19.9 Å². The van der Waals surface area contributed by atoms with E-state index in [9.17, 15) is 5.11 Å². The second kappa shape index (κ2) is 4.97. The average molecular weight is 196 g/mol. The summed E-state index contributed by atoms with van der Waals surface area (Å²) in [5, 5.41) is 10.3. The zero-order valence-corrected chi connectivity index (χ0v) is 9.84. The molecule has 1 nitrogen and oxygen atoms in total. The summed E-state index contributed by atoms with van der Waals surface area (Å²) < 4.78 is 0. The van der Waals surface area contributed by atoms with Crippen molar-refractivity contribution in [3.8, 4) is 0 Å². The predicted molar refractivity (Wildman–Crippen MR) is 61.2 cm³/mol. The molecular weight excluding hydrogens is 172 g/mol. The van der Waals surface area contributed by atoms with Gasteiger partial charge in [-0.2, -0.15) is 0 Å². The Morgan fingerprint density at radius 1 is 1.57 bits per heavy atom. The highest BCUT2D eigenvalue weighted by atomic mass is 16.3. The van der Waals surface area contributed by atoms with Crippen molar-refractivity contribution in [1.82, 2.24) is 0 Å². The Kier molecular flexibility index (Phi) is 4.18. The molecule has 0 aliphatic heterocycles. The predicted octanol–water partition coefficient (Wildman–Crippen LogP) is 3.67. The lowest BCUT2D eigenvalue weighted by molar-refractivity contribution is -0.0147. The third kappa shape index (κ3) is 3.13. The number of rotatable bonds is 4. The summed E-state index contributed by atoms with van der Waals surface area (Å²) in [7, 11) is 0. The van der Waals surface area contributed by atoms with E-state index < -0.39 is 5.60 Å². The molecular formula is C13H24O. The van der Waals surface area contributed by atoms with Gasteiger partial charge in [-0.3, -0.25) is 0 Å². The fourth-order valence-corrected chi connectivity index (χ4v) is 2.27. The molecule has 0 aromatic carbocycles. The van der Waals surface area contributed by atoms with Crippen LogP contribution in [0.3, 0.4) is 0 Å². The van der Waals surface area contributed by atoms with E-state index in [-0.39, 0.29) is 0 Å². The zero-order chi connectivity index (χ0) is 10.6. The Hall–Kier alpha value is -0.300. The lowest BCUT2D eigenvalue weighted by Gasteiger charge is -2.34. The van der Waals surface area contributed by atoms with Crippen LogP contribution >= 0.6 is 0 Å². The summed E-state index contributed by atoms with van der Waals surface area (Å²) >= 11 is 0. The molecule has 1 rings (SSSR count). The standard InChI is InChI=1S/C13H24O/c1-4-5-10-13(3,14)12-8-6-11(2)7-9-12/h6,12,14H,4-5,7-10H2,1-3H3. The van der Waals surface area contributed by atoms with Gasteiger partial charge in [-0.15, -0.1) is 0 Å². The van der Waals surface area contributed by atoms with Gasteiger partial charge in [-0.25, -0.2) is 0 Å². The van der Waals surface area contributed by atoms with Gasteiger partial charge in [0.2, 0.25) is 0 Å². The minimum absolute atomic E-state index is 0.437. The topological polar surface area (TPSA) is 20.2 Å². The van der Waals surface area contributed by atoms with Crippen LogP contribution in [-0.2, 0) is 0 Å². The number of hydrogen-bond donors (Lipinski definition) is 1. The van der Waals surface area contributed by atoms with E-state index in [1.54, 1.807) is 0 Å². The molecule has 1 aliphatic rings. The Labute approximate surface area is 88.2 Å². The van der Waals surface area contributed by atoms with Crippen molar-refractivity contribution in [2.24, 2.45) is 5.92 Å². The van der Waals surface area contributed by atoms with Crippen molar-refractivity contribution in [1.29, 1.82) is 0 Å². The van der Waals surface area contributed by atoms with E-state index >= 15 is 0 Å². The van der Waals surface area contributed by atoms with E-state index in [0.717, 1.165) is 19.3 Å². The van der Waals surface area contributed by atoms with Crippen LogP contribution in [0.15, 0.2) is 11.6 Å².